The lowest BCUT2D eigenvalue weighted by Crippen LogP contribution is -2.29. The summed E-state index contributed by atoms with van der Waals surface area (Å²) in [6, 6.07) is 13.3. The van der Waals surface area contributed by atoms with Gasteiger partial charge in [0.1, 0.15) is 5.58 Å². The van der Waals surface area contributed by atoms with E-state index in [0.29, 0.717) is 16.7 Å². The normalized spacial score (nSPS) is 12.3. The standard InChI is InChI=1S/C23H24O5S/c1-15-18(9-11-21-19(15)10-12-22(25)28-21)13-20(24)17-7-5-16(6-8-17)14-29(26,27)23(2,3)4/h5-12H,13-14H2,1-4H3. The van der Waals surface area contributed by atoms with Crippen molar-refractivity contribution in [2.24, 2.45) is 0 Å². The zero-order chi connectivity index (χ0) is 21.4. The second-order valence-electron chi connectivity index (χ2n) is 8.18. The average Bonchev–Trinajstić information content (AvgIpc) is 2.63. The third kappa shape index (κ3) is 4.48. The van der Waals surface area contributed by atoms with E-state index in [-0.39, 0.29) is 18.0 Å². The van der Waals surface area contributed by atoms with E-state index in [1.54, 1.807) is 63.2 Å². The summed E-state index contributed by atoms with van der Waals surface area (Å²) >= 11 is 0. The maximum Gasteiger partial charge on any atom is 0.336 e. The van der Waals surface area contributed by atoms with Crippen LogP contribution in [0.15, 0.2) is 57.7 Å². The quantitative estimate of drug-likeness (QED) is 0.462. The average molecular weight is 413 g/mol. The highest BCUT2D eigenvalue weighted by molar-refractivity contribution is 7.91. The van der Waals surface area contributed by atoms with Crippen LogP contribution in [0.4, 0.5) is 0 Å². The molecule has 0 bridgehead atoms. The molecule has 0 saturated heterocycles. The van der Waals surface area contributed by atoms with Crippen LogP contribution in [0.25, 0.3) is 11.0 Å². The third-order valence-electron chi connectivity index (χ3n) is 5.10. The molecule has 0 aliphatic carbocycles. The monoisotopic (exact) mass is 412 g/mol. The summed E-state index contributed by atoms with van der Waals surface area (Å²) in [4.78, 5) is 24.1. The molecule has 0 aliphatic rings. The van der Waals surface area contributed by atoms with E-state index in [9.17, 15) is 18.0 Å². The Balaban J connectivity index is 1.80. The van der Waals surface area contributed by atoms with Gasteiger partial charge >= 0.3 is 5.63 Å². The topological polar surface area (TPSA) is 81.4 Å². The van der Waals surface area contributed by atoms with Crippen LogP contribution in [0.3, 0.4) is 0 Å². The van der Waals surface area contributed by atoms with Crippen LogP contribution >= 0.6 is 0 Å². The largest absolute Gasteiger partial charge is 0.423 e. The predicted octanol–water partition coefficient (Wildman–Crippen LogP) is 4.24. The van der Waals surface area contributed by atoms with E-state index in [1.165, 1.54) is 6.07 Å². The molecule has 6 heteroatoms. The first kappa shape index (κ1) is 21.0. The second kappa shape index (κ2) is 7.59. The van der Waals surface area contributed by atoms with Gasteiger partial charge in [-0.1, -0.05) is 30.3 Å². The minimum atomic E-state index is -3.28. The summed E-state index contributed by atoms with van der Waals surface area (Å²) in [5, 5.41) is 0.803. The van der Waals surface area contributed by atoms with Crippen LogP contribution in [0.5, 0.6) is 0 Å². The Morgan fingerprint density at radius 2 is 1.62 bits per heavy atom. The molecule has 0 unspecified atom stereocenters. The van der Waals surface area contributed by atoms with Gasteiger partial charge in [-0.25, -0.2) is 13.2 Å². The Bertz CT molecular complexity index is 1230. The molecule has 0 saturated carbocycles. The summed E-state index contributed by atoms with van der Waals surface area (Å²) in [7, 11) is -3.28. The first-order valence-corrected chi connectivity index (χ1v) is 11.0. The van der Waals surface area contributed by atoms with E-state index in [2.05, 4.69) is 0 Å². The number of rotatable bonds is 5. The van der Waals surface area contributed by atoms with E-state index in [4.69, 9.17) is 4.42 Å². The summed E-state index contributed by atoms with van der Waals surface area (Å²) in [6.07, 6.45) is 0.209. The Kier molecular flexibility index (Phi) is 5.50. The molecule has 0 aliphatic heterocycles. The van der Waals surface area contributed by atoms with Gasteiger partial charge in [-0.15, -0.1) is 0 Å². The molecular formula is C23H24O5S. The van der Waals surface area contributed by atoms with Gasteiger partial charge in [-0.3, -0.25) is 4.79 Å². The van der Waals surface area contributed by atoms with E-state index < -0.39 is 20.2 Å². The number of hydrogen-bond acceptors (Lipinski definition) is 5. The first-order chi connectivity index (χ1) is 13.5. The first-order valence-electron chi connectivity index (χ1n) is 9.35. The molecule has 0 radical (unpaired) electrons. The number of hydrogen-bond donors (Lipinski definition) is 0. The molecule has 0 fully saturated rings. The van der Waals surface area contributed by atoms with E-state index in [1.807, 2.05) is 6.92 Å². The highest BCUT2D eigenvalue weighted by atomic mass is 32.2. The van der Waals surface area contributed by atoms with Gasteiger partial charge in [0.2, 0.25) is 0 Å². The predicted molar refractivity (Wildman–Crippen MR) is 114 cm³/mol. The van der Waals surface area contributed by atoms with Crippen molar-refractivity contribution in [2.75, 3.05) is 0 Å². The number of ketones is 1. The summed E-state index contributed by atoms with van der Waals surface area (Å²) in [5.74, 6) is -0.116. The molecule has 1 heterocycles. The SMILES string of the molecule is Cc1c(CC(=O)c2ccc(CS(=O)(=O)C(C)(C)C)cc2)ccc2oc(=O)ccc12. The molecule has 29 heavy (non-hydrogen) atoms. The van der Waals surface area contributed by atoms with Crippen LogP contribution in [0, 0.1) is 6.92 Å². The Morgan fingerprint density at radius 1 is 0.966 bits per heavy atom. The molecule has 5 nitrogen and oxygen atoms in total. The maximum atomic E-state index is 12.7. The maximum absolute atomic E-state index is 12.7. The summed E-state index contributed by atoms with van der Waals surface area (Å²) in [6.45, 7) is 6.93. The molecule has 2 aromatic carbocycles. The number of Topliss-reactive ketones (excluding diaryl/α,β-unsaturated/α-hetero) is 1. The molecular weight excluding hydrogens is 388 g/mol. The number of aryl methyl sites for hydroxylation is 1. The number of fused-ring (bicyclic) bond motifs is 1. The minimum absolute atomic E-state index is 0.0556. The Labute approximate surface area is 170 Å². The fourth-order valence-electron chi connectivity index (χ4n) is 3.03. The van der Waals surface area contributed by atoms with Crippen LogP contribution in [-0.4, -0.2) is 18.9 Å². The van der Waals surface area contributed by atoms with Crippen molar-refractivity contribution in [3.8, 4) is 0 Å². The van der Waals surface area contributed by atoms with Gasteiger partial charge < -0.3 is 4.42 Å². The van der Waals surface area contributed by atoms with Crippen molar-refractivity contribution >= 4 is 26.6 Å². The van der Waals surface area contributed by atoms with Crippen LogP contribution in [0.1, 0.15) is 47.8 Å². The number of carbonyl (C=O) groups excluding carboxylic acids is 1. The zero-order valence-electron chi connectivity index (χ0n) is 17.0. The van der Waals surface area contributed by atoms with Crippen molar-refractivity contribution in [2.45, 2.75) is 44.6 Å². The zero-order valence-corrected chi connectivity index (χ0v) is 17.8. The van der Waals surface area contributed by atoms with Crippen molar-refractivity contribution in [3.63, 3.8) is 0 Å². The van der Waals surface area contributed by atoms with Gasteiger partial charge in [0, 0.05) is 23.4 Å². The highest BCUT2D eigenvalue weighted by Gasteiger charge is 2.28. The van der Waals surface area contributed by atoms with Gasteiger partial charge in [0.25, 0.3) is 0 Å². The van der Waals surface area contributed by atoms with Crippen LogP contribution in [0.2, 0.25) is 0 Å². The van der Waals surface area contributed by atoms with Gasteiger partial charge in [-0.2, -0.15) is 0 Å². The fraction of sp³-hybridized carbons (Fsp3) is 0.304. The molecule has 3 aromatic rings. The molecule has 0 atom stereocenters. The lowest BCUT2D eigenvalue weighted by molar-refractivity contribution is 0.0993. The van der Waals surface area contributed by atoms with Crippen LogP contribution < -0.4 is 5.63 Å². The second-order valence-corrected chi connectivity index (χ2v) is 10.9. The van der Waals surface area contributed by atoms with Gasteiger partial charge in [0.05, 0.1) is 10.5 Å². The van der Waals surface area contributed by atoms with Gasteiger partial charge in [-0.05, 0) is 56.5 Å². The summed E-state index contributed by atoms with van der Waals surface area (Å²) < 4.78 is 29.1. The van der Waals surface area contributed by atoms with E-state index >= 15 is 0 Å². The number of sulfone groups is 1. The molecule has 0 spiro atoms. The Morgan fingerprint density at radius 3 is 2.24 bits per heavy atom. The van der Waals surface area contributed by atoms with Crippen molar-refractivity contribution < 1.29 is 17.6 Å². The van der Waals surface area contributed by atoms with Crippen molar-refractivity contribution in [1.82, 2.24) is 0 Å². The lowest BCUT2D eigenvalue weighted by Gasteiger charge is -2.19. The highest BCUT2D eigenvalue weighted by Crippen LogP contribution is 2.23. The number of benzene rings is 2. The summed E-state index contributed by atoms with van der Waals surface area (Å²) in [5.41, 5.74) is 3.03. The van der Waals surface area contributed by atoms with Crippen molar-refractivity contribution in [3.05, 3.63) is 81.2 Å². The van der Waals surface area contributed by atoms with Crippen LogP contribution in [-0.2, 0) is 22.0 Å². The molecule has 1 aromatic heterocycles. The molecule has 0 N–H and O–H groups in total. The third-order valence-corrected chi connectivity index (χ3v) is 7.68. The Hall–Kier alpha value is -2.73. The molecule has 0 amide bonds. The van der Waals surface area contributed by atoms with Crippen molar-refractivity contribution in [1.29, 1.82) is 0 Å². The smallest absolute Gasteiger partial charge is 0.336 e. The molecule has 152 valence electrons. The van der Waals surface area contributed by atoms with E-state index in [0.717, 1.165) is 16.5 Å². The minimum Gasteiger partial charge on any atom is -0.423 e. The molecule has 3 rings (SSSR count). The lowest BCUT2D eigenvalue weighted by atomic mass is 9.96. The fourth-order valence-corrected chi connectivity index (χ4v) is 4.09. The number of carbonyl (C=O) groups is 1. The van der Waals surface area contributed by atoms with Gasteiger partial charge in [0.15, 0.2) is 15.6 Å².